The number of fused-ring (bicyclic) bond motifs is 1. The molecule has 178 valence electrons. The molecule has 0 spiro atoms. The summed E-state index contributed by atoms with van der Waals surface area (Å²) in [6.45, 7) is 14.4. The minimum atomic E-state index is -0.950. The molecule has 0 aromatic rings. The smallest absolute Gasteiger partial charge is 0.417 e. The molecule has 10 nitrogen and oxygen atoms in total. The van der Waals surface area contributed by atoms with E-state index in [1.165, 1.54) is 11.8 Å². The molecule has 0 bridgehead atoms. The summed E-state index contributed by atoms with van der Waals surface area (Å²) in [6.07, 6.45) is -2.84. The standard InChI is InChI=1S/C21H36N2O8/c1-12(25)22(17(26)30-19(2,3)4)10-13-15-16(29-21(8,9)28-15)14(11-24)23(13)18(27)31-20(5,6)7/h13-16,24H,10-11H2,1-9H3/t13-,14-,15-,16+/m1/s1. The molecule has 2 heterocycles. The summed E-state index contributed by atoms with van der Waals surface area (Å²) in [4.78, 5) is 40.3. The SMILES string of the molecule is CC(=O)N(C[C@@H]1[C@H]2OC(C)(C)O[C@H]2[C@@H](CO)N1C(=O)OC(C)(C)C)C(=O)OC(C)(C)C. The molecular formula is C21H36N2O8. The summed E-state index contributed by atoms with van der Waals surface area (Å²) in [5.41, 5.74) is -1.60. The lowest BCUT2D eigenvalue weighted by molar-refractivity contribution is -0.169. The number of nitrogens with zero attached hydrogens (tertiary/aromatic N) is 2. The first-order valence-electron chi connectivity index (χ1n) is 10.4. The highest BCUT2D eigenvalue weighted by atomic mass is 16.8. The van der Waals surface area contributed by atoms with Crippen LogP contribution in [0.25, 0.3) is 0 Å². The third-order valence-electron chi connectivity index (χ3n) is 4.79. The van der Waals surface area contributed by atoms with Crippen molar-refractivity contribution in [2.24, 2.45) is 0 Å². The van der Waals surface area contributed by atoms with Gasteiger partial charge in [-0.15, -0.1) is 0 Å². The van der Waals surface area contributed by atoms with Crippen molar-refractivity contribution in [3.05, 3.63) is 0 Å². The van der Waals surface area contributed by atoms with Crippen molar-refractivity contribution in [1.29, 1.82) is 0 Å². The number of hydrogen-bond donors (Lipinski definition) is 1. The average molecular weight is 445 g/mol. The highest BCUT2D eigenvalue weighted by Crippen LogP contribution is 2.41. The molecule has 1 N–H and O–H groups in total. The van der Waals surface area contributed by atoms with Crippen LogP contribution in [0.5, 0.6) is 0 Å². The van der Waals surface area contributed by atoms with E-state index in [1.54, 1.807) is 55.4 Å². The van der Waals surface area contributed by atoms with E-state index in [1.807, 2.05) is 0 Å². The normalized spacial score (nSPS) is 27.6. The van der Waals surface area contributed by atoms with Crippen LogP contribution in [-0.4, -0.2) is 87.4 Å². The van der Waals surface area contributed by atoms with Crippen LogP contribution in [0, 0.1) is 0 Å². The van der Waals surface area contributed by atoms with E-state index < -0.39 is 66.0 Å². The number of aliphatic hydroxyl groups excluding tert-OH is 1. The summed E-state index contributed by atoms with van der Waals surface area (Å²) >= 11 is 0. The molecule has 0 aliphatic carbocycles. The van der Waals surface area contributed by atoms with Gasteiger partial charge in [-0.1, -0.05) is 0 Å². The minimum Gasteiger partial charge on any atom is -0.444 e. The number of carbonyl (C=O) groups is 3. The van der Waals surface area contributed by atoms with Gasteiger partial charge in [0.1, 0.15) is 23.4 Å². The van der Waals surface area contributed by atoms with Crippen LogP contribution in [0.1, 0.15) is 62.3 Å². The Morgan fingerprint density at radius 2 is 1.45 bits per heavy atom. The van der Waals surface area contributed by atoms with Gasteiger partial charge >= 0.3 is 12.2 Å². The third kappa shape index (κ3) is 6.08. The van der Waals surface area contributed by atoms with Gasteiger partial charge in [-0.2, -0.15) is 0 Å². The summed E-state index contributed by atoms with van der Waals surface area (Å²) in [5, 5.41) is 10.1. The summed E-state index contributed by atoms with van der Waals surface area (Å²) in [5.74, 6) is -1.49. The van der Waals surface area contributed by atoms with Gasteiger partial charge in [0.2, 0.25) is 5.91 Å². The Morgan fingerprint density at radius 1 is 0.968 bits per heavy atom. The highest BCUT2D eigenvalue weighted by Gasteiger charge is 2.60. The first kappa shape index (κ1) is 25.4. The first-order valence-corrected chi connectivity index (χ1v) is 10.4. The molecule has 2 aliphatic rings. The number of ether oxygens (including phenoxy) is 4. The second kappa shape index (κ2) is 8.55. The third-order valence-corrected chi connectivity index (χ3v) is 4.79. The van der Waals surface area contributed by atoms with Gasteiger partial charge < -0.3 is 24.1 Å². The molecule has 2 aliphatic heterocycles. The maximum absolute atomic E-state index is 13.0. The van der Waals surface area contributed by atoms with Gasteiger partial charge in [0, 0.05) is 6.92 Å². The van der Waals surface area contributed by atoms with Crippen molar-refractivity contribution in [1.82, 2.24) is 9.80 Å². The van der Waals surface area contributed by atoms with E-state index in [0.717, 1.165) is 4.90 Å². The summed E-state index contributed by atoms with van der Waals surface area (Å²) in [6, 6.07) is -1.56. The molecule has 0 aromatic carbocycles. The van der Waals surface area contributed by atoms with Gasteiger partial charge in [-0.3, -0.25) is 9.69 Å². The van der Waals surface area contributed by atoms with E-state index >= 15 is 0 Å². The maximum atomic E-state index is 13.0. The van der Waals surface area contributed by atoms with Gasteiger partial charge in [0.25, 0.3) is 0 Å². The van der Waals surface area contributed by atoms with E-state index in [0.29, 0.717) is 0 Å². The van der Waals surface area contributed by atoms with Gasteiger partial charge in [-0.25, -0.2) is 14.5 Å². The van der Waals surface area contributed by atoms with Crippen LogP contribution in [0.3, 0.4) is 0 Å². The predicted molar refractivity (Wildman–Crippen MR) is 110 cm³/mol. The summed E-state index contributed by atoms with van der Waals surface area (Å²) in [7, 11) is 0. The lowest BCUT2D eigenvalue weighted by Gasteiger charge is -2.36. The Hall–Kier alpha value is -1.91. The van der Waals surface area contributed by atoms with Crippen molar-refractivity contribution in [3.63, 3.8) is 0 Å². The number of imide groups is 1. The second-order valence-electron chi connectivity index (χ2n) is 10.4. The molecule has 2 fully saturated rings. The molecule has 3 amide bonds. The minimum absolute atomic E-state index is 0.194. The number of hydrogen-bond acceptors (Lipinski definition) is 8. The van der Waals surface area contributed by atoms with Gasteiger partial charge in [0.15, 0.2) is 5.79 Å². The zero-order chi connectivity index (χ0) is 23.9. The molecule has 10 heteroatoms. The average Bonchev–Trinajstić information content (AvgIpc) is 2.98. The quantitative estimate of drug-likeness (QED) is 0.705. The molecule has 0 unspecified atom stereocenters. The molecular weight excluding hydrogens is 408 g/mol. The van der Waals surface area contributed by atoms with E-state index in [4.69, 9.17) is 18.9 Å². The number of carbonyl (C=O) groups excluding carboxylic acids is 3. The lowest BCUT2D eigenvalue weighted by atomic mass is 10.1. The van der Waals surface area contributed by atoms with Crippen molar-refractivity contribution >= 4 is 18.1 Å². The van der Waals surface area contributed by atoms with Crippen LogP contribution >= 0.6 is 0 Å². The molecule has 0 aromatic heterocycles. The zero-order valence-corrected chi connectivity index (χ0v) is 19.9. The van der Waals surface area contributed by atoms with Crippen LogP contribution in [-0.2, 0) is 23.7 Å². The Bertz CT molecular complexity index is 709. The maximum Gasteiger partial charge on any atom is 0.417 e. The Morgan fingerprint density at radius 3 is 1.87 bits per heavy atom. The van der Waals surface area contributed by atoms with Crippen LogP contribution in [0.2, 0.25) is 0 Å². The monoisotopic (exact) mass is 444 g/mol. The van der Waals surface area contributed by atoms with Gasteiger partial charge in [0.05, 0.1) is 25.2 Å². The van der Waals surface area contributed by atoms with Crippen molar-refractivity contribution in [2.75, 3.05) is 13.2 Å². The van der Waals surface area contributed by atoms with Crippen molar-refractivity contribution in [3.8, 4) is 0 Å². The number of rotatable bonds is 3. The van der Waals surface area contributed by atoms with Crippen LogP contribution < -0.4 is 0 Å². The fourth-order valence-corrected chi connectivity index (χ4v) is 3.78. The second-order valence-corrected chi connectivity index (χ2v) is 10.4. The van der Waals surface area contributed by atoms with Crippen LogP contribution in [0.4, 0.5) is 9.59 Å². The topological polar surface area (TPSA) is 115 Å². The van der Waals surface area contributed by atoms with Crippen LogP contribution in [0.15, 0.2) is 0 Å². The lowest BCUT2D eigenvalue weighted by Crippen LogP contribution is -2.55. The van der Waals surface area contributed by atoms with E-state index in [2.05, 4.69) is 0 Å². The fraction of sp³-hybridized carbons (Fsp3) is 0.857. The van der Waals surface area contributed by atoms with Crippen molar-refractivity contribution < 1.29 is 38.4 Å². The largest absolute Gasteiger partial charge is 0.444 e. The first-order chi connectivity index (χ1) is 14.0. The van der Waals surface area contributed by atoms with Crippen molar-refractivity contribution in [2.45, 2.75) is 104 Å². The molecule has 2 rings (SSSR count). The molecule has 0 radical (unpaired) electrons. The summed E-state index contributed by atoms with van der Waals surface area (Å²) < 4.78 is 22.9. The Labute approximate surface area is 183 Å². The number of amides is 3. The fourth-order valence-electron chi connectivity index (χ4n) is 3.78. The van der Waals surface area contributed by atoms with E-state index in [-0.39, 0.29) is 6.54 Å². The Kier molecular flexibility index (Phi) is 7.00. The van der Waals surface area contributed by atoms with Gasteiger partial charge in [-0.05, 0) is 55.4 Å². The number of likely N-dealkylation sites (tertiary alicyclic amines) is 1. The highest BCUT2D eigenvalue weighted by molar-refractivity contribution is 5.90. The zero-order valence-electron chi connectivity index (χ0n) is 19.9. The Balaban J connectivity index is 2.40. The molecule has 0 saturated carbocycles. The molecule has 2 saturated heterocycles. The number of aliphatic hydroxyl groups is 1. The van der Waals surface area contributed by atoms with E-state index in [9.17, 15) is 19.5 Å². The molecule has 31 heavy (non-hydrogen) atoms. The molecule has 4 atom stereocenters. The predicted octanol–water partition coefficient (Wildman–Crippen LogP) is 2.27.